The third-order valence-corrected chi connectivity index (χ3v) is 1.86. The Morgan fingerprint density at radius 1 is 0.875 bits per heavy atom. The van der Waals surface area contributed by atoms with E-state index >= 15 is 0 Å². The Morgan fingerprint density at radius 2 is 1.25 bits per heavy atom. The largest absolute Gasteiger partial charge is 0.300 e. The van der Waals surface area contributed by atoms with E-state index in [1.165, 1.54) is 0 Å². The van der Waals surface area contributed by atoms with Crippen molar-refractivity contribution in [3.8, 4) is 0 Å². The highest BCUT2D eigenvalue weighted by atomic mass is 14.4. The summed E-state index contributed by atoms with van der Waals surface area (Å²) in [4.78, 5) is 0. The Morgan fingerprint density at radius 3 is 1.50 bits per heavy atom. The molecule has 0 saturated heterocycles. The summed E-state index contributed by atoms with van der Waals surface area (Å²) in [5.41, 5.74) is 2.14. The van der Waals surface area contributed by atoms with Crippen LogP contribution in [0.5, 0.6) is 0 Å². The molecule has 0 fully saturated rings. The van der Waals surface area contributed by atoms with E-state index < -0.39 is 0 Å². The van der Waals surface area contributed by atoms with Crippen LogP contribution in [0.25, 0.3) is 0 Å². The van der Waals surface area contributed by atoms with Gasteiger partial charge in [0.2, 0.25) is 0 Å². The van der Waals surface area contributed by atoms with E-state index in [1.54, 1.807) is 12.2 Å². The van der Waals surface area contributed by atoms with Gasteiger partial charge in [-0.15, -0.1) is 0 Å². The molecule has 0 aromatic carbocycles. The van der Waals surface area contributed by atoms with Gasteiger partial charge in [0.05, 0.1) is 5.71 Å². The van der Waals surface area contributed by atoms with Crippen LogP contribution in [0, 0.1) is 5.41 Å². The highest BCUT2D eigenvalue weighted by Crippen LogP contribution is 2.10. The van der Waals surface area contributed by atoms with Crippen molar-refractivity contribution in [2.45, 2.75) is 13.8 Å². The number of rotatable bonds is 6. The van der Waals surface area contributed by atoms with E-state index in [0.29, 0.717) is 5.71 Å². The molecule has 0 aliphatic rings. The Hall–Kier alpha value is -1.89. The zero-order valence-electron chi connectivity index (χ0n) is 10.0. The molecule has 0 atom stereocenters. The van der Waals surface area contributed by atoms with Gasteiger partial charge in [0.15, 0.2) is 0 Å². The second-order valence-electron chi connectivity index (χ2n) is 3.09. The Bertz CT molecular complexity index is 340. The van der Waals surface area contributed by atoms with Crippen molar-refractivity contribution >= 4 is 5.71 Å². The van der Waals surface area contributed by atoms with Gasteiger partial charge in [-0.2, -0.15) is 0 Å². The van der Waals surface area contributed by atoms with Gasteiger partial charge in [0.25, 0.3) is 0 Å². The molecular weight excluding hydrogens is 194 g/mol. The summed E-state index contributed by atoms with van der Waals surface area (Å²) < 4.78 is 0. The molecule has 0 bridgehead atoms. The zero-order chi connectivity index (χ0) is 12.4. The van der Waals surface area contributed by atoms with Crippen LogP contribution < -0.4 is 0 Å². The molecule has 16 heavy (non-hydrogen) atoms. The lowest BCUT2D eigenvalue weighted by Gasteiger charge is -2.05. The topological polar surface area (TPSA) is 23.9 Å². The van der Waals surface area contributed by atoms with Gasteiger partial charge >= 0.3 is 0 Å². The lowest BCUT2D eigenvalue weighted by Crippen LogP contribution is -2.01. The predicted molar refractivity (Wildman–Crippen MR) is 73.9 cm³/mol. The van der Waals surface area contributed by atoms with Crippen LogP contribution >= 0.6 is 0 Å². The molecule has 0 aromatic rings. The fraction of sp³-hybridized carbons (Fsp3) is 0.133. The second kappa shape index (κ2) is 8.42. The van der Waals surface area contributed by atoms with E-state index in [2.05, 4.69) is 13.2 Å². The van der Waals surface area contributed by atoms with Gasteiger partial charge in [-0.3, -0.25) is 5.41 Å². The first-order valence-corrected chi connectivity index (χ1v) is 5.21. The van der Waals surface area contributed by atoms with E-state index in [4.69, 9.17) is 5.41 Å². The maximum Gasteiger partial charge on any atom is 0.0684 e. The van der Waals surface area contributed by atoms with Crippen LogP contribution in [0.2, 0.25) is 0 Å². The third kappa shape index (κ3) is 4.56. The molecule has 0 aliphatic heterocycles. The molecule has 0 saturated carbocycles. The fourth-order valence-electron chi connectivity index (χ4n) is 1.22. The SMILES string of the molecule is C=C/C=C(\C=C/C)C(=N)C(/C=C\C)=C/C=C. The highest BCUT2D eigenvalue weighted by Gasteiger charge is 2.04. The van der Waals surface area contributed by atoms with Crippen molar-refractivity contribution < 1.29 is 0 Å². The lowest BCUT2D eigenvalue weighted by atomic mass is 10.0. The van der Waals surface area contributed by atoms with Gasteiger partial charge < -0.3 is 0 Å². The molecule has 0 heterocycles. The summed E-state index contributed by atoms with van der Waals surface area (Å²) >= 11 is 0. The monoisotopic (exact) mass is 213 g/mol. The number of hydrogen-bond donors (Lipinski definition) is 1. The molecular formula is C15H19N. The van der Waals surface area contributed by atoms with Crippen molar-refractivity contribution in [1.82, 2.24) is 0 Å². The summed E-state index contributed by atoms with van der Waals surface area (Å²) in [5, 5.41) is 8.08. The van der Waals surface area contributed by atoms with Gasteiger partial charge in [0, 0.05) is 0 Å². The Kier molecular flexibility index (Phi) is 7.43. The number of allylic oxidation sites excluding steroid dienone is 10. The third-order valence-electron chi connectivity index (χ3n) is 1.86. The minimum atomic E-state index is 0.469. The minimum absolute atomic E-state index is 0.469. The summed E-state index contributed by atoms with van der Waals surface area (Å²) in [6.45, 7) is 11.2. The second-order valence-corrected chi connectivity index (χ2v) is 3.09. The van der Waals surface area contributed by atoms with Gasteiger partial charge in [-0.1, -0.05) is 61.8 Å². The quantitative estimate of drug-likeness (QED) is 0.500. The van der Waals surface area contributed by atoms with Crippen LogP contribution in [0.4, 0.5) is 0 Å². The fourth-order valence-corrected chi connectivity index (χ4v) is 1.22. The normalized spacial score (nSPS) is 13.4. The van der Waals surface area contributed by atoms with Crippen LogP contribution in [0.1, 0.15) is 13.8 Å². The van der Waals surface area contributed by atoms with Crippen LogP contribution in [-0.2, 0) is 0 Å². The van der Waals surface area contributed by atoms with Crippen LogP contribution in [-0.4, -0.2) is 5.71 Å². The smallest absolute Gasteiger partial charge is 0.0684 e. The maximum atomic E-state index is 8.08. The zero-order valence-corrected chi connectivity index (χ0v) is 10.0. The first kappa shape index (κ1) is 14.1. The van der Waals surface area contributed by atoms with Crippen LogP contribution in [0.15, 0.2) is 72.9 Å². The Balaban J connectivity index is 5.26. The summed E-state index contributed by atoms with van der Waals surface area (Å²) in [5.74, 6) is 0. The van der Waals surface area contributed by atoms with Crippen molar-refractivity contribution in [3.63, 3.8) is 0 Å². The van der Waals surface area contributed by atoms with E-state index in [1.807, 2.05) is 50.3 Å². The molecule has 1 nitrogen and oxygen atoms in total. The predicted octanol–water partition coefficient (Wildman–Crippen LogP) is 4.38. The molecule has 84 valence electrons. The average molecular weight is 213 g/mol. The van der Waals surface area contributed by atoms with Crippen molar-refractivity contribution in [3.05, 3.63) is 72.9 Å². The first-order chi connectivity index (χ1) is 7.71. The van der Waals surface area contributed by atoms with E-state index in [-0.39, 0.29) is 0 Å². The summed E-state index contributed by atoms with van der Waals surface area (Å²) in [6, 6.07) is 0. The molecule has 0 unspecified atom stereocenters. The Labute approximate surface area is 98.4 Å². The lowest BCUT2D eigenvalue weighted by molar-refractivity contribution is 1.46. The first-order valence-electron chi connectivity index (χ1n) is 5.21. The summed E-state index contributed by atoms with van der Waals surface area (Å²) in [7, 11) is 0. The molecule has 0 amide bonds. The molecule has 0 aromatic heterocycles. The minimum Gasteiger partial charge on any atom is -0.300 e. The van der Waals surface area contributed by atoms with E-state index in [9.17, 15) is 0 Å². The number of nitrogens with one attached hydrogen (secondary N) is 1. The average Bonchev–Trinajstić information content (AvgIpc) is 2.27. The molecule has 0 aliphatic carbocycles. The molecule has 0 rings (SSSR count). The molecule has 1 N–H and O–H groups in total. The van der Waals surface area contributed by atoms with Crippen molar-refractivity contribution in [1.29, 1.82) is 5.41 Å². The van der Waals surface area contributed by atoms with E-state index in [0.717, 1.165) is 11.1 Å². The van der Waals surface area contributed by atoms with Crippen molar-refractivity contribution in [2.24, 2.45) is 0 Å². The molecule has 0 radical (unpaired) electrons. The molecule has 0 spiro atoms. The van der Waals surface area contributed by atoms with Crippen LogP contribution in [0.3, 0.4) is 0 Å². The summed E-state index contributed by atoms with van der Waals surface area (Å²) in [6.07, 6.45) is 14.6. The van der Waals surface area contributed by atoms with Gasteiger partial charge in [-0.25, -0.2) is 0 Å². The maximum absolute atomic E-state index is 8.08. The van der Waals surface area contributed by atoms with Crippen molar-refractivity contribution in [2.75, 3.05) is 0 Å². The standard InChI is InChI=1S/C15H19N/c1-5-9-13(10-6-2)15(16)14(11-7-3)12-8-4/h5-12,16H,1,3H2,2,4H3/b10-6-,12-8-,13-9+,14-11+. The van der Waals surface area contributed by atoms with Gasteiger partial charge in [0.1, 0.15) is 0 Å². The highest BCUT2D eigenvalue weighted by molar-refractivity contribution is 6.14. The van der Waals surface area contributed by atoms with Gasteiger partial charge in [-0.05, 0) is 25.0 Å². The number of hydrogen-bond acceptors (Lipinski definition) is 1. The molecule has 1 heteroatoms.